The van der Waals surface area contributed by atoms with E-state index in [0.717, 1.165) is 6.42 Å². The highest BCUT2D eigenvalue weighted by atomic mass is 28.4. The molecule has 0 saturated carbocycles. The molecule has 2 N–H and O–H groups in total. The third-order valence-electron chi connectivity index (χ3n) is 2.42. The lowest BCUT2D eigenvalue weighted by Gasteiger charge is -2.24. The quantitative estimate of drug-likeness (QED) is 0.569. The summed E-state index contributed by atoms with van der Waals surface area (Å²) < 4.78 is 15.7. The fourth-order valence-corrected chi connectivity index (χ4v) is 3.15. The van der Waals surface area contributed by atoms with E-state index >= 15 is 0 Å². The fourth-order valence-electron chi connectivity index (χ4n) is 1.40. The molecule has 0 radical (unpaired) electrons. The minimum Gasteiger partial charge on any atom is -0.396 e. The van der Waals surface area contributed by atoms with Crippen molar-refractivity contribution < 1.29 is 23.5 Å². The van der Waals surface area contributed by atoms with Crippen LogP contribution in [0, 0.1) is 0 Å². The molecule has 0 saturated heterocycles. The number of rotatable bonds is 9. The fraction of sp³-hybridized carbons (Fsp3) is 1.00. The Kier molecular flexibility index (Phi) is 8.21. The molecular weight excluding hydrogens is 216 g/mol. The van der Waals surface area contributed by atoms with Crippen molar-refractivity contribution >= 4 is 8.80 Å². The Morgan fingerprint density at radius 3 is 2.00 bits per heavy atom. The van der Waals surface area contributed by atoms with Crippen molar-refractivity contribution in [3.63, 3.8) is 0 Å². The van der Waals surface area contributed by atoms with E-state index in [1.807, 2.05) is 0 Å². The molecule has 0 aliphatic heterocycles. The van der Waals surface area contributed by atoms with Crippen molar-refractivity contribution in [2.75, 3.05) is 27.9 Å². The third kappa shape index (κ3) is 5.60. The third-order valence-corrected chi connectivity index (χ3v) is 5.25. The van der Waals surface area contributed by atoms with Crippen molar-refractivity contribution in [1.82, 2.24) is 0 Å². The van der Waals surface area contributed by atoms with Crippen LogP contribution in [0.1, 0.15) is 19.3 Å². The van der Waals surface area contributed by atoms with Gasteiger partial charge in [-0.15, -0.1) is 0 Å². The minimum absolute atomic E-state index is 0.0164. The van der Waals surface area contributed by atoms with E-state index in [-0.39, 0.29) is 6.61 Å². The van der Waals surface area contributed by atoms with Crippen molar-refractivity contribution in [2.24, 2.45) is 0 Å². The molecule has 0 aliphatic carbocycles. The summed E-state index contributed by atoms with van der Waals surface area (Å²) in [6, 6.07) is 0.680. The van der Waals surface area contributed by atoms with Crippen molar-refractivity contribution in [3.8, 4) is 0 Å². The normalized spacial score (nSPS) is 14.2. The van der Waals surface area contributed by atoms with Gasteiger partial charge in [0.05, 0.1) is 6.10 Å². The van der Waals surface area contributed by atoms with Gasteiger partial charge in [0.25, 0.3) is 0 Å². The summed E-state index contributed by atoms with van der Waals surface area (Å²) in [4.78, 5) is 0. The average Bonchev–Trinajstić information content (AvgIpc) is 2.25. The molecule has 0 bridgehead atoms. The van der Waals surface area contributed by atoms with Crippen molar-refractivity contribution in [1.29, 1.82) is 0 Å². The molecule has 0 aromatic rings. The van der Waals surface area contributed by atoms with E-state index in [9.17, 15) is 5.11 Å². The van der Waals surface area contributed by atoms with E-state index in [1.165, 1.54) is 0 Å². The highest BCUT2D eigenvalue weighted by Crippen LogP contribution is 2.17. The van der Waals surface area contributed by atoms with Crippen LogP contribution in [0.5, 0.6) is 0 Å². The maximum atomic E-state index is 9.40. The molecule has 0 spiro atoms. The Bertz CT molecular complexity index is 143. The Labute approximate surface area is 92.3 Å². The van der Waals surface area contributed by atoms with Gasteiger partial charge in [0.15, 0.2) is 0 Å². The zero-order valence-corrected chi connectivity index (χ0v) is 10.7. The molecule has 0 fully saturated rings. The zero-order chi connectivity index (χ0) is 11.7. The first-order valence-electron chi connectivity index (χ1n) is 5.08. The van der Waals surface area contributed by atoms with Crippen LogP contribution in [0.25, 0.3) is 0 Å². The molecule has 1 unspecified atom stereocenters. The average molecular weight is 238 g/mol. The molecule has 0 aromatic heterocycles. The van der Waals surface area contributed by atoms with Gasteiger partial charge in [-0.1, -0.05) is 0 Å². The van der Waals surface area contributed by atoms with Crippen LogP contribution in [0.2, 0.25) is 6.04 Å². The first kappa shape index (κ1) is 15.0. The van der Waals surface area contributed by atoms with E-state index < -0.39 is 14.9 Å². The summed E-state index contributed by atoms with van der Waals surface area (Å²) in [5, 5.41) is 18.0. The van der Waals surface area contributed by atoms with Crippen LogP contribution in [0.4, 0.5) is 0 Å². The largest absolute Gasteiger partial charge is 0.500 e. The van der Waals surface area contributed by atoms with E-state index in [4.69, 9.17) is 18.4 Å². The molecule has 6 heteroatoms. The van der Waals surface area contributed by atoms with Crippen LogP contribution in [0.3, 0.4) is 0 Å². The summed E-state index contributed by atoms with van der Waals surface area (Å²) >= 11 is 0. The highest BCUT2D eigenvalue weighted by molar-refractivity contribution is 6.60. The standard InChI is InChI=1S/C9H22O5Si/c1-12-15(13-2,14-3)8-4-5-9(11)6-7-10/h9-11H,4-8H2,1-3H3. The molecule has 0 rings (SSSR count). The van der Waals surface area contributed by atoms with E-state index in [1.54, 1.807) is 21.3 Å². The Morgan fingerprint density at radius 1 is 1.07 bits per heavy atom. The second-order valence-electron chi connectivity index (χ2n) is 3.35. The second kappa shape index (κ2) is 8.20. The van der Waals surface area contributed by atoms with Gasteiger partial charge in [-0.25, -0.2) is 0 Å². The molecule has 92 valence electrons. The number of aliphatic hydroxyl groups is 2. The number of aliphatic hydroxyl groups excluding tert-OH is 2. The lowest BCUT2D eigenvalue weighted by molar-refractivity contribution is 0.110. The van der Waals surface area contributed by atoms with Crippen molar-refractivity contribution in [3.05, 3.63) is 0 Å². The molecule has 0 aliphatic rings. The summed E-state index contributed by atoms with van der Waals surface area (Å²) in [7, 11) is 2.24. The predicted molar refractivity (Wildman–Crippen MR) is 58.5 cm³/mol. The molecule has 0 amide bonds. The topological polar surface area (TPSA) is 68.2 Å². The Balaban J connectivity index is 3.80. The minimum atomic E-state index is -2.48. The number of hydrogen-bond donors (Lipinski definition) is 2. The monoisotopic (exact) mass is 238 g/mol. The summed E-state index contributed by atoms with van der Waals surface area (Å²) in [5.41, 5.74) is 0. The lowest BCUT2D eigenvalue weighted by atomic mass is 10.1. The van der Waals surface area contributed by atoms with Gasteiger partial charge in [-0.3, -0.25) is 0 Å². The van der Waals surface area contributed by atoms with Crippen LogP contribution >= 0.6 is 0 Å². The van der Waals surface area contributed by atoms with Gasteiger partial charge in [-0.2, -0.15) is 0 Å². The van der Waals surface area contributed by atoms with Gasteiger partial charge >= 0.3 is 8.80 Å². The molecule has 0 heterocycles. The van der Waals surface area contributed by atoms with Crippen LogP contribution in [0.15, 0.2) is 0 Å². The Morgan fingerprint density at radius 2 is 1.60 bits per heavy atom. The lowest BCUT2D eigenvalue weighted by Crippen LogP contribution is -2.42. The van der Waals surface area contributed by atoms with E-state index in [2.05, 4.69) is 0 Å². The molecule has 5 nitrogen and oxygen atoms in total. The SMILES string of the molecule is CO[Si](CCCC(O)CCO)(OC)OC. The van der Waals surface area contributed by atoms with E-state index in [0.29, 0.717) is 18.9 Å². The number of hydrogen-bond acceptors (Lipinski definition) is 5. The van der Waals surface area contributed by atoms with Gasteiger partial charge in [0, 0.05) is 34.0 Å². The smallest absolute Gasteiger partial charge is 0.396 e. The predicted octanol–water partition coefficient (Wildman–Crippen LogP) is 0.388. The Hall–Kier alpha value is 0.0169. The maximum Gasteiger partial charge on any atom is 0.500 e. The van der Waals surface area contributed by atoms with Crippen LogP contribution in [-0.2, 0) is 13.3 Å². The summed E-state index contributed by atoms with van der Waals surface area (Å²) in [5.74, 6) is 0. The van der Waals surface area contributed by atoms with Gasteiger partial charge < -0.3 is 23.5 Å². The van der Waals surface area contributed by atoms with Crippen LogP contribution < -0.4 is 0 Å². The first-order valence-corrected chi connectivity index (χ1v) is 7.01. The molecule has 0 aromatic carbocycles. The van der Waals surface area contributed by atoms with Gasteiger partial charge in [0.2, 0.25) is 0 Å². The molecular formula is C9H22O5Si. The first-order chi connectivity index (χ1) is 7.14. The molecule has 15 heavy (non-hydrogen) atoms. The van der Waals surface area contributed by atoms with Crippen LogP contribution in [-0.4, -0.2) is 53.1 Å². The summed E-state index contributed by atoms with van der Waals surface area (Å²) in [6.07, 6.45) is 1.36. The summed E-state index contributed by atoms with van der Waals surface area (Å²) in [6.45, 7) is 0.0164. The van der Waals surface area contributed by atoms with Gasteiger partial charge in [0.1, 0.15) is 0 Å². The zero-order valence-electron chi connectivity index (χ0n) is 9.73. The maximum absolute atomic E-state index is 9.40. The van der Waals surface area contributed by atoms with Crippen molar-refractivity contribution in [2.45, 2.75) is 31.4 Å². The second-order valence-corrected chi connectivity index (χ2v) is 6.44. The highest BCUT2D eigenvalue weighted by Gasteiger charge is 2.36. The molecule has 1 atom stereocenters. The van der Waals surface area contributed by atoms with Gasteiger partial charge in [-0.05, 0) is 19.3 Å².